The maximum absolute atomic E-state index is 12.8. The highest BCUT2D eigenvalue weighted by Gasteiger charge is 2.39. The summed E-state index contributed by atoms with van der Waals surface area (Å²) in [6.07, 6.45) is 2.92. The SMILES string of the molecule is CCC1(C(=O)N(C)Cc2c(C)noc2C)CCCNC1. The van der Waals surface area contributed by atoms with Crippen LogP contribution in [0.3, 0.4) is 0 Å². The molecule has 112 valence electrons. The number of piperidine rings is 1. The van der Waals surface area contributed by atoms with E-state index >= 15 is 0 Å². The molecule has 1 aromatic rings. The highest BCUT2D eigenvalue weighted by atomic mass is 16.5. The molecule has 1 aliphatic heterocycles. The van der Waals surface area contributed by atoms with Crippen molar-refractivity contribution in [2.45, 2.75) is 46.6 Å². The highest BCUT2D eigenvalue weighted by Crippen LogP contribution is 2.32. The fourth-order valence-corrected chi connectivity index (χ4v) is 3.04. The van der Waals surface area contributed by atoms with E-state index in [9.17, 15) is 4.79 Å². The summed E-state index contributed by atoms with van der Waals surface area (Å²) in [6.45, 7) is 8.29. The number of carbonyl (C=O) groups is 1. The first-order chi connectivity index (χ1) is 9.50. The zero-order chi connectivity index (χ0) is 14.8. The molecule has 0 spiro atoms. The maximum Gasteiger partial charge on any atom is 0.230 e. The number of rotatable bonds is 4. The number of carbonyl (C=O) groups excluding carboxylic acids is 1. The Hall–Kier alpha value is -1.36. The minimum Gasteiger partial charge on any atom is -0.361 e. The van der Waals surface area contributed by atoms with E-state index in [-0.39, 0.29) is 11.3 Å². The average Bonchev–Trinajstić information content (AvgIpc) is 2.79. The van der Waals surface area contributed by atoms with Crippen LogP contribution in [-0.2, 0) is 11.3 Å². The lowest BCUT2D eigenvalue weighted by molar-refractivity contribution is -0.142. The molecule has 1 aliphatic rings. The second-order valence-corrected chi connectivity index (χ2v) is 5.88. The van der Waals surface area contributed by atoms with Gasteiger partial charge in [-0.3, -0.25) is 4.79 Å². The zero-order valence-corrected chi connectivity index (χ0v) is 13.0. The van der Waals surface area contributed by atoms with Crippen molar-refractivity contribution in [3.63, 3.8) is 0 Å². The highest BCUT2D eigenvalue weighted by molar-refractivity contribution is 5.83. The average molecular weight is 279 g/mol. The molecule has 0 radical (unpaired) electrons. The second-order valence-electron chi connectivity index (χ2n) is 5.88. The van der Waals surface area contributed by atoms with Gasteiger partial charge in [-0.05, 0) is 39.7 Å². The molecule has 1 atom stereocenters. The minimum absolute atomic E-state index is 0.229. The molecule has 1 saturated heterocycles. The first kappa shape index (κ1) is 15.0. The van der Waals surface area contributed by atoms with Crippen LogP contribution in [0.5, 0.6) is 0 Å². The van der Waals surface area contributed by atoms with E-state index in [1.54, 1.807) is 0 Å². The van der Waals surface area contributed by atoms with Crippen LogP contribution in [-0.4, -0.2) is 36.1 Å². The summed E-state index contributed by atoms with van der Waals surface area (Å²) in [7, 11) is 1.88. The van der Waals surface area contributed by atoms with Crippen LogP contribution in [0.15, 0.2) is 4.52 Å². The van der Waals surface area contributed by atoms with Gasteiger partial charge < -0.3 is 14.7 Å². The van der Waals surface area contributed by atoms with Gasteiger partial charge in [0.15, 0.2) is 0 Å². The molecule has 1 fully saturated rings. The Balaban J connectivity index is 2.11. The molecule has 0 saturated carbocycles. The molecule has 1 amide bonds. The second kappa shape index (κ2) is 5.95. The van der Waals surface area contributed by atoms with Crippen molar-refractivity contribution >= 4 is 5.91 Å². The fraction of sp³-hybridized carbons (Fsp3) is 0.733. The van der Waals surface area contributed by atoms with Crippen LogP contribution in [0, 0.1) is 19.3 Å². The number of hydrogen-bond donors (Lipinski definition) is 1. The third-order valence-corrected chi connectivity index (χ3v) is 4.53. The normalized spacial score (nSPS) is 22.8. The third-order valence-electron chi connectivity index (χ3n) is 4.53. The molecule has 1 unspecified atom stereocenters. The minimum atomic E-state index is -0.244. The summed E-state index contributed by atoms with van der Waals surface area (Å²) in [5.74, 6) is 1.03. The van der Waals surface area contributed by atoms with Crippen molar-refractivity contribution in [2.75, 3.05) is 20.1 Å². The molecule has 0 bridgehead atoms. The van der Waals surface area contributed by atoms with Crippen molar-refractivity contribution in [2.24, 2.45) is 5.41 Å². The van der Waals surface area contributed by atoms with Crippen molar-refractivity contribution in [1.82, 2.24) is 15.4 Å². The third kappa shape index (κ3) is 2.73. The molecule has 20 heavy (non-hydrogen) atoms. The Morgan fingerprint density at radius 3 is 2.75 bits per heavy atom. The smallest absolute Gasteiger partial charge is 0.230 e. The van der Waals surface area contributed by atoms with Crippen LogP contribution < -0.4 is 5.32 Å². The Labute approximate surface area is 120 Å². The van der Waals surface area contributed by atoms with Crippen molar-refractivity contribution in [3.05, 3.63) is 17.0 Å². The first-order valence-electron chi connectivity index (χ1n) is 7.38. The van der Waals surface area contributed by atoms with Crippen LogP contribution >= 0.6 is 0 Å². The maximum atomic E-state index is 12.8. The predicted octanol–water partition coefficient (Wildman–Crippen LogP) is 2.03. The Morgan fingerprint density at radius 1 is 1.50 bits per heavy atom. The standard InChI is InChI=1S/C15H25N3O2/c1-5-15(7-6-8-16-10-15)14(19)18(4)9-13-11(2)17-20-12(13)3/h16H,5-10H2,1-4H3. The lowest BCUT2D eigenvalue weighted by Gasteiger charge is -2.38. The predicted molar refractivity (Wildman–Crippen MR) is 77.3 cm³/mol. The molecule has 5 nitrogen and oxygen atoms in total. The van der Waals surface area contributed by atoms with Crippen LogP contribution in [0.25, 0.3) is 0 Å². The van der Waals surface area contributed by atoms with Crippen molar-refractivity contribution in [3.8, 4) is 0 Å². The molecule has 2 heterocycles. The van der Waals surface area contributed by atoms with E-state index in [4.69, 9.17) is 4.52 Å². The van der Waals surface area contributed by atoms with E-state index in [0.29, 0.717) is 6.54 Å². The van der Waals surface area contributed by atoms with E-state index < -0.39 is 0 Å². The van der Waals surface area contributed by atoms with Crippen molar-refractivity contribution in [1.29, 1.82) is 0 Å². The van der Waals surface area contributed by atoms with Gasteiger partial charge in [0, 0.05) is 19.2 Å². The van der Waals surface area contributed by atoms with E-state index in [1.807, 2.05) is 25.8 Å². The molecular weight excluding hydrogens is 254 g/mol. The van der Waals surface area contributed by atoms with Gasteiger partial charge in [0.2, 0.25) is 5.91 Å². The Morgan fingerprint density at radius 2 is 2.25 bits per heavy atom. The van der Waals surface area contributed by atoms with Gasteiger partial charge in [0.1, 0.15) is 5.76 Å². The van der Waals surface area contributed by atoms with Gasteiger partial charge in [0.05, 0.1) is 17.7 Å². The molecule has 5 heteroatoms. The molecule has 1 aromatic heterocycles. The number of nitrogens with one attached hydrogen (secondary N) is 1. The summed E-state index contributed by atoms with van der Waals surface area (Å²) in [5, 5.41) is 7.32. The number of aryl methyl sites for hydroxylation is 2. The Bertz CT molecular complexity index is 456. The topological polar surface area (TPSA) is 58.4 Å². The van der Waals surface area contributed by atoms with E-state index in [1.165, 1.54) is 0 Å². The van der Waals surface area contributed by atoms with Gasteiger partial charge in [-0.15, -0.1) is 0 Å². The van der Waals surface area contributed by atoms with Gasteiger partial charge in [-0.1, -0.05) is 12.1 Å². The van der Waals surface area contributed by atoms with E-state index in [0.717, 1.165) is 49.4 Å². The Kier molecular flexibility index (Phi) is 4.48. The molecule has 2 rings (SSSR count). The molecule has 0 aromatic carbocycles. The fourth-order valence-electron chi connectivity index (χ4n) is 3.04. The van der Waals surface area contributed by atoms with Gasteiger partial charge in [-0.25, -0.2) is 0 Å². The summed E-state index contributed by atoms with van der Waals surface area (Å²) in [5.41, 5.74) is 1.65. The van der Waals surface area contributed by atoms with Gasteiger partial charge >= 0.3 is 0 Å². The van der Waals surface area contributed by atoms with Crippen LogP contribution in [0.4, 0.5) is 0 Å². The molecular formula is C15H25N3O2. The van der Waals surface area contributed by atoms with Crippen LogP contribution in [0.1, 0.15) is 43.2 Å². The van der Waals surface area contributed by atoms with Gasteiger partial charge in [-0.2, -0.15) is 0 Å². The monoisotopic (exact) mass is 279 g/mol. The van der Waals surface area contributed by atoms with Crippen molar-refractivity contribution < 1.29 is 9.32 Å². The van der Waals surface area contributed by atoms with E-state index in [2.05, 4.69) is 17.4 Å². The first-order valence-corrected chi connectivity index (χ1v) is 7.38. The molecule has 0 aliphatic carbocycles. The molecule has 1 N–H and O–H groups in total. The zero-order valence-electron chi connectivity index (χ0n) is 13.0. The number of hydrogen-bond acceptors (Lipinski definition) is 4. The summed E-state index contributed by atoms with van der Waals surface area (Å²) in [4.78, 5) is 14.7. The van der Waals surface area contributed by atoms with Gasteiger partial charge in [0.25, 0.3) is 0 Å². The quantitative estimate of drug-likeness (QED) is 0.916. The largest absolute Gasteiger partial charge is 0.361 e. The summed E-state index contributed by atoms with van der Waals surface area (Å²) in [6, 6.07) is 0. The van der Waals surface area contributed by atoms with Crippen LogP contribution in [0.2, 0.25) is 0 Å². The lowest BCUT2D eigenvalue weighted by Crippen LogP contribution is -2.50. The summed E-state index contributed by atoms with van der Waals surface area (Å²) < 4.78 is 5.17. The number of nitrogens with zero attached hydrogens (tertiary/aromatic N) is 2. The number of aromatic nitrogens is 1. The number of amides is 1. The summed E-state index contributed by atoms with van der Waals surface area (Å²) >= 11 is 0. The lowest BCUT2D eigenvalue weighted by atomic mass is 9.77.